The summed E-state index contributed by atoms with van der Waals surface area (Å²) in [5.41, 5.74) is 1.36. The third-order valence-electron chi connectivity index (χ3n) is 3.97. The standard InChI is InChI=1S/C18H16N2O4S/c1-11-9-15(21)19(17(11)23)7-8-25-14-6-4-3-5-13(14)20-16(22)10-12(2)18(20)24/h3-6,9-10H,7-8H2,1-2H3. The molecule has 0 saturated carbocycles. The van der Waals surface area contributed by atoms with Crippen LogP contribution in [0.4, 0.5) is 5.69 Å². The number of nitrogens with zero attached hydrogens (tertiary/aromatic N) is 2. The number of carbonyl (C=O) groups is 4. The topological polar surface area (TPSA) is 74.8 Å². The molecule has 0 atom stereocenters. The molecule has 0 saturated heterocycles. The highest BCUT2D eigenvalue weighted by atomic mass is 32.2. The summed E-state index contributed by atoms with van der Waals surface area (Å²) in [5.74, 6) is -0.800. The Kier molecular flexibility index (Phi) is 4.59. The zero-order chi connectivity index (χ0) is 18.1. The Morgan fingerprint density at radius 2 is 1.52 bits per heavy atom. The summed E-state index contributed by atoms with van der Waals surface area (Å²) in [5, 5.41) is 0. The first kappa shape index (κ1) is 17.2. The molecular formula is C18H16N2O4S. The van der Waals surface area contributed by atoms with E-state index in [0.29, 0.717) is 22.6 Å². The van der Waals surface area contributed by atoms with E-state index in [0.717, 1.165) is 9.80 Å². The molecule has 2 aliphatic rings. The summed E-state index contributed by atoms with van der Waals surface area (Å²) in [4.78, 5) is 51.0. The van der Waals surface area contributed by atoms with Crippen molar-refractivity contribution < 1.29 is 19.2 Å². The number of imide groups is 2. The van der Waals surface area contributed by atoms with Gasteiger partial charge in [-0.05, 0) is 26.0 Å². The molecule has 0 N–H and O–H groups in total. The van der Waals surface area contributed by atoms with Gasteiger partial charge in [0, 0.05) is 40.5 Å². The number of hydrogen-bond acceptors (Lipinski definition) is 5. The van der Waals surface area contributed by atoms with Crippen LogP contribution in [0.2, 0.25) is 0 Å². The fourth-order valence-electron chi connectivity index (χ4n) is 2.68. The van der Waals surface area contributed by atoms with Gasteiger partial charge in [-0.2, -0.15) is 0 Å². The van der Waals surface area contributed by atoms with Crippen LogP contribution < -0.4 is 4.90 Å². The molecule has 0 fully saturated rings. The second kappa shape index (κ2) is 6.68. The lowest BCUT2D eigenvalue weighted by molar-refractivity contribution is -0.136. The highest BCUT2D eigenvalue weighted by Gasteiger charge is 2.31. The van der Waals surface area contributed by atoms with Crippen LogP contribution in [-0.4, -0.2) is 40.8 Å². The predicted octanol–water partition coefficient (Wildman–Crippen LogP) is 1.91. The first-order chi connectivity index (χ1) is 11.9. The van der Waals surface area contributed by atoms with Crippen molar-refractivity contribution in [3.05, 3.63) is 47.6 Å². The van der Waals surface area contributed by atoms with Crippen LogP contribution in [-0.2, 0) is 19.2 Å². The van der Waals surface area contributed by atoms with Gasteiger partial charge in [-0.3, -0.25) is 24.1 Å². The Morgan fingerprint density at radius 1 is 0.880 bits per heavy atom. The van der Waals surface area contributed by atoms with Gasteiger partial charge in [-0.15, -0.1) is 11.8 Å². The normalized spacial score (nSPS) is 17.5. The molecule has 3 rings (SSSR count). The summed E-state index contributed by atoms with van der Waals surface area (Å²) >= 11 is 1.39. The third-order valence-corrected chi connectivity index (χ3v) is 5.01. The number of thioether (sulfide) groups is 1. The first-order valence-corrected chi connectivity index (χ1v) is 8.71. The molecule has 6 nitrogen and oxygen atoms in total. The molecule has 0 radical (unpaired) electrons. The lowest BCUT2D eigenvalue weighted by Gasteiger charge is -2.19. The minimum atomic E-state index is -0.361. The molecule has 1 aromatic rings. The second-order valence-electron chi connectivity index (χ2n) is 5.74. The van der Waals surface area contributed by atoms with E-state index in [2.05, 4.69) is 0 Å². The maximum atomic E-state index is 12.2. The summed E-state index contributed by atoms with van der Waals surface area (Å²) < 4.78 is 0. The fraction of sp³-hybridized carbons (Fsp3) is 0.222. The molecule has 0 aromatic heterocycles. The number of amides is 4. The summed E-state index contributed by atoms with van der Waals surface area (Å²) in [6, 6.07) is 7.09. The van der Waals surface area contributed by atoms with Gasteiger partial charge in [-0.1, -0.05) is 12.1 Å². The van der Waals surface area contributed by atoms with Crippen LogP contribution in [0.15, 0.2) is 52.5 Å². The maximum absolute atomic E-state index is 12.2. The molecule has 0 aliphatic carbocycles. The van der Waals surface area contributed by atoms with Crippen LogP contribution >= 0.6 is 11.8 Å². The number of benzene rings is 1. The quantitative estimate of drug-likeness (QED) is 0.595. The van der Waals surface area contributed by atoms with E-state index < -0.39 is 0 Å². The van der Waals surface area contributed by atoms with Gasteiger partial charge in [0.15, 0.2) is 0 Å². The molecule has 2 heterocycles. The van der Waals surface area contributed by atoms with E-state index in [9.17, 15) is 19.2 Å². The van der Waals surface area contributed by atoms with Crippen molar-refractivity contribution in [2.24, 2.45) is 0 Å². The van der Waals surface area contributed by atoms with Crippen molar-refractivity contribution in [3.8, 4) is 0 Å². The highest BCUT2D eigenvalue weighted by molar-refractivity contribution is 7.99. The molecule has 0 unspecified atom stereocenters. The zero-order valence-electron chi connectivity index (χ0n) is 13.8. The van der Waals surface area contributed by atoms with Gasteiger partial charge < -0.3 is 0 Å². The van der Waals surface area contributed by atoms with Gasteiger partial charge in [0.2, 0.25) is 0 Å². The van der Waals surface area contributed by atoms with Crippen molar-refractivity contribution >= 4 is 41.1 Å². The molecule has 2 aliphatic heterocycles. The maximum Gasteiger partial charge on any atom is 0.261 e. The van der Waals surface area contributed by atoms with E-state index in [1.54, 1.807) is 26.0 Å². The van der Waals surface area contributed by atoms with Crippen molar-refractivity contribution in [2.45, 2.75) is 18.7 Å². The highest BCUT2D eigenvalue weighted by Crippen LogP contribution is 2.33. The third kappa shape index (κ3) is 3.15. The molecule has 4 amide bonds. The lowest BCUT2D eigenvalue weighted by Crippen LogP contribution is -2.33. The van der Waals surface area contributed by atoms with E-state index >= 15 is 0 Å². The fourth-order valence-corrected chi connectivity index (χ4v) is 3.65. The number of rotatable bonds is 5. The van der Waals surface area contributed by atoms with Crippen molar-refractivity contribution in [3.63, 3.8) is 0 Å². The van der Waals surface area contributed by atoms with Gasteiger partial charge in [0.25, 0.3) is 23.6 Å². The molecular weight excluding hydrogens is 340 g/mol. The van der Waals surface area contributed by atoms with Gasteiger partial charge >= 0.3 is 0 Å². The Labute approximate surface area is 149 Å². The van der Waals surface area contributed by atoms with Crippen molar-refractivity contribution in [1.82, 2.24) is 4.90 Å². The molecule has 0 bridgehead atoms. The summed E-state index contributed by atoms with van der Waals surface area (Å²) in [7, 11) is 0. The van der Waals surface area contributed by atoms with Crippen LogP contribution in [0.25, 0.3) is 0 Å². The molecule has 0 spiro atoms. The lowest BCUT2D eigenvalue weighted by atomic mass is 10.3. The van der Waals surface area contributed by atoms with E-state index in [1.165, 1.54) is 28.8 Å². The van der Waals surface area contributed by atoms with Crippen LogP contribution in [0, 0.1) is 0 Å². The molecule has 1 aromatic carbocycles. The van der Waals surface area contributed by atoms with Crippen LogP contribution in [0.5, 0.6) is 0 Å². The Hall–Kier alpha value is -2.67. The number of carbonyl (C=O) groups excluding carboxylic acids is 4. The van der Waals surface area contributed by atoms with E-state index in [-0.39, 0.29) is 30.2 Å². The summed E-state index contributed by atoms with van der Waals surface area (Å²) in [6.07, 6.45) is 2.65. The predicted molar refractivity (Wildman–Crippen MR) is 93.9 cm³/mol. The minimum absolute atomic E-state index is 0.268. The molecule has 25 heavy (non-hydrogen) atoms. The zero-order valence-corrected chi connectivity index (χ0v) is 14.6. The average molecular weight is 356 g/mol. The van der Waals surface area contributed by atoms with E-state index in [4.69, 9.17) is 0 Å². The van der Waals surface area contributed by atoms with Gasteiger partial charge in [0.1, 0.15) is 0 Å². The van der Waals surface area contributed by atoms with Crippen molar-refractivity contribution in [1.29, 1.82) is 0 Å². The van der Waals surface area contributed by atoms with Crippen LogP contribution in [0.3, 0.4) is 0 Å². The number of para-hydroxylation sites is 1. The number of anilines is 1. The van der Waals surface area contributed by atoms with Gasteiger partial charge in [-0.25, -0.2) is 4.90 Å². The second-order valence-corrected chi connectivity index (χ2v) is 6.88. The average Bonchev–Trinajstić information content (AvgIpc) is 2.97. The van der Waals surface area contributed by atoms with Gasteiger partial charge in [0.05, 0.1) is 5.69 Å². The van der Waals surface area contributed by atoms with Crippen LogP contribution in [0.1, 0.15) is 13.8 Å². The Morgan fingerprint density at radius 3 is 2.12 bits per heavy atom. The smallest absolute Gasteiger partial charge is 0.261 e. The SMILES string of the molecule is CC1=CC(=O)N(CCSc2ccccc2N2C(=O)C=C(C)C2=O)C1=O. The van der Waals surface area contributed by atoms with E-state index in [1.807, 2.05) is 12.1 Å². The monoisotopic (exact) mass is 356 g/mol. The minimum Gasteiger partial charge on any atom is -0.274 e. The van der Waals surface area contributed by atoms with Crippen molar-refractivity contribution in [2.75, 3.05) is 17.2 Å². The largest absolute Gasteiger partial charge is 0.274 e. The Bertz CT molecular complexity index is 856. The summed E-state index contributed by atoms with van der Waals surface area (Å²) in [6.45, 7) is 3.49. The molecule has 7 heteroatoms. The number of hydrogen-bond donors (Lipinski definition) is 0. The first-order valence-electron chi connectivity index (χ1n) is 7.73. The Balaban J connectivity index is 1.71. The molecule has 128 valence electrons.